The molecule has 1 heterocycles. The fourth-order valence-corrected chi connectivity index (χ4v) is 2.88. The van der Waals surface area contributed by atoms with E-state index in [1.807, 2.05) is 6.07 Å². The molecule has 1 aromatic rings. The van der Waals surface area contributed by atoms with Gasteiger partial charge in [0.15, 0.2) is 0 Å². The lowest BCUT2D eigenvalue weighted by molar-refractivity contribution is -0.00699. The fraction of sp³-hybridized carbons (Fsp3) is 0.706. The maximum atomic E-state index is 9.76. The van der Waals surface area contributed by atoms with Gasteiger partial charge in [-0.05, 0) is 25.2 Å². The maximum absolute atomic E-state index is 9.76. The molecule has 0 aliphatic rings. The van der Waals surface area contributed by atoms with Gasteiger partial charge in [0.1, 0.15) is 0 Å². The van der Waals surface area contributed by atoms with Crippen LogP contribution in [0.2, 0.25) is 0 Å². The average Bonchev–Trinajstić information content (AvgIpc) is 2.62. The first kappa shape index (κ1) is 22.9. The molecule has 0 aliphatic heterocycles. The largest absolute Gasteiger partial charge is 0.395 e. The van der Waals surface area contributed by atoms with Gasteiger partial charge in [-0.1, -0.05) is 6.07 Å². The molecular formula is C17H31N3O6. The van der Waals surface area contributed by atoms with Crippen molar-refractivity contribution < 1.29 is 30.6 Å². The van der Waals surface area contributed by atoms with E-state index in [0.29, 0.717) is 13.1 Å². The number of nitrogens with zero attached hydrogens (tertiary/aromatic N) is 3. The Morgan fingerprint density at radius 3 is 1.46 bits per heavy atom. The van der Waals surface area contributed by atoms with Crippen molar-refractivity contribution in [1.29, 1.82) is 0 Å². The van der Waals surface area contributed by atoms with Crippen molar-refractivity contribution in [3.8, 4) is 0 Å². The normalized spacial score (nSPS) is 16.7. The first-order chi connectivity index (χ1) is 12.4. The molecule has 4 atom stereocenters. The number of aliphatic hydroxyl groups is 6. The first-order valence-electron chi connectivity index (χ1n) is 8.50. The highest BCUT2D eigenvalue weighted by Crippen LogP contribution is 2.13. The van der Waals surface area contributed by atoms with Gasteiger partial charge in [0.2, 0.25) is 0 Å². The Hall–Kier alpha value is -1.17. The van der Waals surface area contributed by atoms with E-state index in [-0.39, 0.29) is 13.2 Å². The van der Waals surface area contributed by atoms with Crippen molar-refractivity contribution in [1.82, 2.24) is 14.8 Å². The summed E-state index contributed by atoms with van der Waals surface area (Å²) >= 11 is 0. The van der Waals surface area contributed by atoms with E-state index in [1.165, 1.54) is 0 Å². The third-order valence-corrected chi connectivity index (χ3v) is 4.48. The third-order valence-electron chi connectivity index (χ3n) is 4.48. The average molecular weight is 373 g/mol. The van der Waals surface area contributed by atoms with Crippen LogP contribution < -0.4 is 0 Å². The first-order valence-corrected chi connectivity index (χ1v) is 8.50. The molecule has 1 rings (SSSR count). The van der Waals surface area contributed by atoms with Crippen molar-refractivity contribution in [2.75, 3.05) is 40.5 Å². The van der Waals surface area contributed by atoms with E-state index >= 15 is 0 Å². The zero-order valence-electron chi connectivity index (χ0n) is 15.3. The van der Waals surface area contributed by atoms with Crippen LogP contribution in [0.5, 0.6) is 0 Å². The molecular weight excluding hydrogens is 342 g/mol. The Morgan fingerprint density at radius 2 is 1.15 bits per heavy atom. The second kappa shape index (κ2) is 11.5. The van der Waals surface area contributed by atoms with Crippen molar-refractivity contribution in [3.05, 3.63) is 29.6 Å². The summed E-state index contributed by atoms with van der Waals surface area (Å²) in [4.78, 5) is 7.66. The van der Waals surface area contributed by atoms with Crippen LogP contribution in [0.25, 0.3) is 0 Å². The summed E-state index contributed by atoms with van der Waals surface area (Å²) in [5.41, 5.74) is 1.70. The van der Waals surface area contributed by atoms with Crippen molar-refractivity contribution >= 4 is 0 Å². The highest BCUT2D eigenvalue weighted by Gasteiger charge is 2.24. The number of likely N-dealkylation sites (N-methyl/N-ethyl adjacent to an activating group) is 2. The van der Waals surface area contributed by atoms with Gasteiger partial charge in [-0.2, -0.15) is 0 Å². The zero-order valence-corrected chi connectivity index (χ0v) is 15.3. The van der Waals surface area contributed by atoms with Crippen LogP contribution >= 0.6 is 0 Å². The van der Waals surface area contributed by atoms with Gasteiger partial charge in [0, 0.05) is 25.5 Å². The van der Waals surface area contributed by atoms with Crippen LogP contribution in [-0.4, -0.2) is 110 Å². The second-order valence-corrected chi connectivity index (χ2v) is 6.53. The van der Waals surface area contributed by atoms with Crippen LogP contribution in [0.4, 0.5) is 0 Å². The minimum Gasteiger partial charge on any atom is -0.395 e. The summed E-state index contributed by atoms with van der Waals surface area (Å²) < 4.78 is 0. The Kier molecular flexibility index (Phi) is 10.1. The van der Waals surface area contributed by atoms with Crippen LogP contribution in [0, 0.1) is 0 Å². The van der Waals surface area contributed by atoms with Crippen molar-refractivity contribution in [2.24, 2.45) is 0 Å². The molecule has 9 heteroatoms. The number of aromatic nitrogens is 1. The van der Waals surface area contributed by atoms with Crippen LogP contribution in [0.15, 0.2) is 18.5 Å². The number of aliphatic hydroxyl groups excluding tert-OH is 6. The Morgan fingerprint density at radius 1 is 0.769 bits per heavy atom. The van der Waals surface area contributed by atoms with Gasteiger partial charge >= 0.3 is 0 Å². The van der Waals surface area contributed by atoms with Gasteiger partial charge in [-0.25, -0.2) is 0 Å². The van der Waals surface area contributed by atoms with Gasteiger partial charge in [0.05, 0.1) is 50.7 Å². The molecule has 0 fully saturated rings. The monoisotopic (exact) mass is 373 g/mol. The van der Waals surface area contributed by atoms with E-state index in [9.17, 15) is 20.4 Å². The number of rotatable bonds is 12. The molecule has 1 aromatic heterocycles. The molecule has 0 aliphatic carbocycles. The SMILES string of the molecule is CN(Cc1cncc(CN(C)C(CO)C(O)CO)c1)C(CO)C(O)CO. The van der Waals surface area contributed by atoms with Gasteiger partial charge < -0.3 is 30.6 Å². The molecule has 150 valence electrons. The summed E-state index contributed by atoms with van der Waals surface area (Å²) in [5, 5.41) is 56.5. The smallest absolute Gasteiger partial charge is 0.0947 e. The van der Waals surface area contributed by atoms with E-state index in [0.717, 1.165) is 11.1 Å². The summed E-state index contributed by atoms with van der Waals surface area (Å²) in [7, 11) is 3.47. The molecule has 0 spiro atoms. The molecule has 9 nitrogen and oxygen atoms in total. The molecule has 6 N–H and O–H groups in total. The van der Waals surface area contributed by atoms with Gasteiger partial charge in [-0.15, -0.1) is 0 Å². The Labute approximate surface area is 153 Å². The molecule has 0 amide bonds. The van der Waals surface area contributed by atoms with Crippen molar-refractivity contribution in [3.63, 3.8) is 0 Å². The standard InChI is InChI=1S/C17H31N3O6/c1-19(14(8-21)16(25)10-23)6-12-3-13(5-18-4-12)7-20(2)15(9-22)17(26)11-24/h3-5,14-17,21-26H,6-11H2,1-2H3. The highest BCUT2D eigenvalue weighted by atomic mass is 16.3. The quantitative estimate of drug-likeness (QED) is 0.232. The molecule has 4 unspecified atom stereocenters. The zero-order chi connectivity index (χ0) is 19.7. The molecule has 0 aromatic carbocycles. The number of pyridine rings is 1. The van der Waals surface area contributed by atoms with E-state index < -0.39 is 37.5 Å². The predicted molar refractivity (Wildman–Crippen MR) is 95.1 cm³/mol. The summed E-state index contributed by atoms with van der Waals surface area (Å²) in [6, 6.07) is 0.717. The maximum Gasteiger partial charge on any atom is 0.0947 e. The highest BCUT2D eigenvalue weighted by molar-refractivity contribution is 5.18. The van der Waals surface area contributed by atoms with Crippen LogP contribution in [0.3, 0.4) is 0 Å². The predicted octanol–water partition coefficient (Wildman–Crippen LogP) is -2.63. The molecule has 26 heavy (non-hydrogen) atoms. The van der Waals surface area contributed by atoms with Crippen molar-refractivity contribution in [2.45, 2.75) is 37.4 Å². The third kappa shape index (κ3) is 6.53. The minimum absolute atomic E-state index is 0.286. The lowest BCUT2D eigenvalue weighted by Crippen LogP contribution is -2.45. The fourth-order valence-electron chi connectivity index (χ4n) is 2.88. The number of hydrogen-bond acceptors (Lipinski definition) is 9. The Balaban J connectivity index is 2.78. The van der Waals surface area contributed by atoms with E-state index in [1.54, 1.807) is 36.3 Å². The lowest BCUT2D eigenvalue weighted by Gasteiger charge is -2.30. The Bertz CT molecular complexity index is 480. The van der Waals surface area contributed by atoms with E-state index in [2.05, 4.69) is 4.98 Å². The molecule has 0 bridgehead atoms. The van der Waals surface area contributed by atoms with Crippen LogP contribution in [-0.2, 0) is 13.1 Å². The molecule has 0 saturated heterocycles. The minimum atomic E-state index is -1.04. The second-order valence-electron chi connectivity index (χ2n) is 6.53. The summed E-state index contributed by atoms with van der Waals surface area (Å²) in [5.74, 6) is 0. The molecule has 0 saturated carbocycles. The summed E-state index contributed by atoms with van der Waals surface area (Å²) in [6.07, 6.45) is 1.26. The van der Waals surface area contributed by atoms with Gasteiger partial charge in [-0.3, -0.25) is 14.8 Å². The van der Waals surface area contributed by atoms with Gasteiger partial charge in [0.25, 0.3) is 0 Å². The number of hydrogen-bond donors (Lipinski definition) is 6. The van der Waals surface area contributed by atoms with Crippen LogP contribution in [0.1, 0.15) is 11.1 Å². The van der Waals surface area contributed by atoms with E-state index in [4.69, 9.17) is 10.2 Å². The molecule has 0 radical (unpaired) electrons. The lowest BCUT2D eigenvalue weighted by atomic mass is 10.1. The summed E-state index contributed by atoms with van der Waals surface area (Å²) in [6.45, 7) is -0.621. The topological polar surface area (TPSA) is 141 Å².